The molecule has 1 aliphatic heterocycles. The van der Waals surface area contributed by atoms with E-state index in [2.05, 4.69) is 4.90 Å². The number of fused-ring (bicyclic) bond motifs is 1. The molecule has 1 amide bonds. The lowest BCUT2D eigenvalue weighted by atomic mass is 9.78. The fourth-order valence-corrected chi connectivity index (χ4v) is 4.13. The second-order valence-corrected chi connectivity index (χ2v) is 6.49. The third-order valence-electron chi connectivity index (χ3n) is 5.24. The minimum atomic E-state index is 0.299. The molecule has 2 unspecified atom stereocenters. The van der Waals surface area contributed by atoms with E-state index in [0.717, 1.165) is 23.6 Å². The molecule has 0 bridgehead atoms. The molecule has 2 fully saturated rings. The van der Waals surface area contributed by atoms with Crippen LogP contribution in [0.15, 0.2) is 24.3 Å². The quantitative estimate of drug-likeness (QED) is 0.928. The van der Waals surface area contributed by atoms with Crippen LogP contribution in [0, 0.1) is 5.92 Å². The Morgan fingerprint density at radius 3 is 2.62 bits per heavy atom. The average Bonchev–Trinajstić information content (AvgIpc) is 2.54. The van der Waals surface area contributed by atoms with Gasteiger partial charge in [-0.1, -0.05) is 37.1 Å². The highest BCUT2D eigenvalue weighted by atomic mass is 16.2. The lowest BCUT2D eigenvalue weighted by molar-refractivity contribution is -0.136. The predicted octanol–water partition coefficient (Wildman–Crippen LogP) is 2.87. The number of hydrogen-bond acceptors (Lipinski definition) is 2. The highest BCUT2D eigenvalue weighted by Crippen LogP contribution is 2.35. The average molecular weight is 286 g/mol. The van der Waals surface area contributed by atoms with Crippen molar-refractivity contribution < 1.29 is 4.79 Å². The molecule has 21 heavy (non-hydrogen) atoms. The number of benzene rings is 1. The van der Waals surface area contributed by atoms with Crippen LogP contribution in [-0.2, 0) is 17.8 Å². The van der Waals surface area contributed by atoms with Crippen molar-refractivity contribution in [2.45, 2.75) is 57.5 Å². The first kappa shape index (κ1) is 14.6. The summed E-state index contributed by atoms with van der Waals surface area (Å²) in [7, 11) is 0. The number of nitrogens with two attached hydrogens (primary N) is 1. The molecule has 2 atom stereocenters. The summed E-state index contributed by atoms with van der Waals surface area (Å²) in [5, 5.41) is 0. The first-order valence-corrected chi connectivity index (χ1v) is 8.36. The van der Waals surface area contributed by atoms with E-state index in [0.29, 0.717) is 24.9 Å². The Kier molecular flexibility index (Phi) is 4.59. The molecule has 114 valence electrons. The Hall–Kier alpha value is -1.35. The van der Waals surface area contributed by atoms with E-state index in [1.54, 1.807) is 0 Å². The van der Waals surface area contributed by atoms with Gasteiger partial charge in [0, 0.05) is 19.1 Å². The zero-order chi connectivity index (χ0) is 14.7. The molecule has 3 nitrogen and oxygen atoms in total. The topological polar surface area (TPSA) is 46.3 Å². The molecule has 2 N–H and O–H groups in total. The molecule has 1 aromatic rings. The van der Waals surface area contributed by atoms with Crippen molar-refractivity contribution in [3.8, 4) is 0 Å². The number of likely N-dealkylation sites (tertiary alicyclic amines) is 1. The van der Waals surface area contributed by atoms with E-state index in [4.69, 9.17) is 5.73 Å². The third kappa shape index (κ3) is 3.13. The Bertz CT molecular complexity index is 498. The van der Waals surface area contributed by atoms with Gasteiger partial charge < -0.3 is 10.6 Å². The summed E-state index contributed by atoms with van der Waals surface area (Å²) < 4.78 is 0. The van der Waals surface area contributed by atoms with Gasteiger partial charge in [0.25, 0.3) is 0 Å². The lowest BCUT2D eigenvalue weighted by Crippen LogP contribution is -2.50. The van der Waals surface area contributed by atoms with Crippen LogP contribution in [-0.4, -0.2) is 23.4 Å². The SMILES string of the molecule is NCc1ccccc1CC(=O)N1CCCC2CCCCC21. The first-order chi connectivity index (χ1) is 10.3. The summed E-state index contributed by atoms with van der Waals surface area (Å²) in [6, 6.07) is 8.57. The highest BCUT2D eigenvalue weighted by Gasteiger charge is 2.35. The van der Waals surface area contributed by atoms with Crippen molar-refractivity contribution in [3.05, 3.63) is 35.4 Å². The molecule has 3 rings (SSSR count). The smallest absolute Gasteiger partial charge is 0.227 e. The summed E-state index contributed by atoms with van der Waals surface area (Å²) in [4.78, 5) is 15.0. The number of hydrogen-bond donors (Lipinski definition) is 1. The van der Waals surface area contributed by atoms with Crippen molar-refractivity contribution in [1.82, 2.24) is 4.90 Å². The zero-order valence-corrected chi connectivity index (χ0v) is 12.8. The number of carbonyl (C=O) groups excluding carboxylic acids is 1. The van der Waals surface area contributed by atoms with Crippen LogP contribution in [0.2, 0.25) is 0 Å². The van der Waals surface area contributed by atoms with Gasteiger partial charge in [-0.2, -0.15) is 0 Å². The molecule has 0 radical (unpaired) electrons. The second-order valence-electron chi connectivity index (χ2n) is 6.49. The maximum Gasteiger partial charge on any atom is 0.227 e. The van der Waals surface area contributed by atoms with E-state index in [1.165, 1.54) is 38.5 Å². The molecule has 1 saturated heterocycles. The fraction of sp³-hybridized carbons (Fsp3) is 0.611. The van der Waals surface area contributed by atoms with Crippen molar-refractivity contribution in [1.29, 1.82) is 0 Å². The summed E-state index contributed by atoms with van der Waals surface area (Å²) >= 11 is 0. The maximum absolute atomic E-state index is 12.8. The van der Waals surface area contributed by atoms with E-state index in [9.17, 15) is 4.79 Å². The van der Waals surface area contributed by atoms with Gasteiger partial charge in [0.2, 0.25) is 5.91 Å². The van der Waals surface area contributed by atoms with Crippen LogP contribution in [0.3, 0.4) is 0 Å². The standard InChI is InChI=1S/C18H26N2O/c19-13-16-8-2-1-7-15(16)12-18(21)20-11-5-9-14-6-3-4-10-17(14)20/h1-2,7-8,14,17H,3-6,9-13,19H2. The monoisotopic (exact) mass is 286 g/mol. The highest BCUT2D eigenvalue weighted by molar-refractivity contribution is 5.79. The Morgan fingerprint density at radius 1 is 1.10 bits per heavy atom. The largest absolute Gasteiger partial charge is 0.339 e. The summed E-state index contributed by atoms with van der Waals surface area (Å²) in [5.74, 6) is 1.05. The van der Waals surface area contributed by atoms with Crippen LogP contribution >= 0.6 is 0 Å². The van der Waals surface area contributed by atoms with E-state index in [1.807, 2.05) is 24.3 Å². The molecular formula is C18H26N2O. The Morgan fingerprint density at radius 2 is 1.81 bits per heavy atom. The Labute approximate surface area is 127 Å². The Balaban J connectivity index is 1.72. The fourth-order valence-electron chi connectivity index (χ4n) is 4.13. The number of nitrogens with zero attached hydrogens (tertiary/aromatic N) is 1. The minimum absolute atomic E-state index is 0.299. The molecule has 0 spiro atoms. The van der Waals surface area contributed by atoms with E-state index in [-0.39, 0.29) is 0 Å². The summed E-state index contributed by atoms with van der Waals surface area (Å²) in [5.41, 5.74) is 7.99. The normalized spacial score (nSPS) is 25.5. The third-order valence-corrected chi connectivity index (χ3v) is 5.24. The summed E-state index contributed by atoms with van der Waals surface area (Å²) in [6.45, 7) is 1.46. The molecular weight excluding hydrogens is 260 g/mol. The van der Waals surface area contributed by atoms with Crippen molar-refractivity contribution >= 4 is 5.91 Å². The van der Waals surface area contributed by atoms with Crippen molar-refractivity contribution in [2.24, 2.45) is 11.7 Å². The molecule has 1 saturated carbocycles. The molecule has 0 aromatic heterocycles. The molecule has 3 heteroatoms. The van der Waals surface area contributed by atoms with Gasteiger partial charge in [-0.15, -0.1) is 0 Å². The zero-order valence-electron chi connectivity index (χ0n) is 12.8. The van der Waals surface area contributed by atoms with E-state index >= 15 is 0 Å². The molecule has 1 aliphatic carbocycles. The van der Waals surface area contributed by atoms with Gasteiger partial charge in [-0.25, -0.2) is 0 Å². The second kappa shape index (κ2) is 6.61. The van der Waals surface area contributed by atoms with Crippen LogP contribution < -0.4 is 5.73 Å². The maximum atomic E-state index is 12.8. The number of carbonyl (C=O) groups is 1. The van der Waals surface area contributed by atoms with Gasteiger partial charge in [-0.3, -0.25) is 4.79 Å². The van der Waals surface area contributed by atoms with Crippen molar-refractivity contribution in [2.75, 3.05) is 6.54 Å². The van der Waals surface area contributed by atoms with Gasteiger partial charge in [0.1, 0.15) is 0 Å². The molecule has 1 heterocycles. The van der Waals surface area contributed by atoms with Gasteiger partial charge in [-0.05, 0) is 42.7 Å². The van der Waals surface area contributed by atoms with Gasteiger partial charge in [0.15, 0.2) is 0 Å². The minimum Gasteiger partial charge on any atom is -0.339 e. The van der Waals surface area contributed by atoms with Crippen LogP contribution in [0.1, 0.15) is 49.7 Å². The number of rotatable bonds is 3. The lowest BCUT2D eigenvalue weighted by Gasteiger charge is -2.44. The van der Waals surface area contributed by atoms with Crippen LogP contribution in [0.4, 0.5) is 0 Å². The van der Waals surface area contributed by atoms with E-state index < -0.39 is 0 Å². The van der Waals surface area contributed by atoms with Gasteiger partial charge >= 0.3 is 0 Å². The van der Waals surface area contributed by atoms with Crippen molar-refractivity contribution in [3.63, 3.8) is 0 Å². The first-order valence-electron chi connectivity index (χ1n) is 8.36. The molecule has 1 aromatic carbocycles. The van der Waals surface area contributed by atoms with Gasteiger partial charge in [0.05, 0.1) is 6.42 Å². The predicted molar refractivity (Wildman–Crippen MR) is 84.7 cm³/mol. The van der Waals surface area contributed by atoms with Crippen LogP contribution in [0.5, 0.6) is 0 Å². The van der Waals surface area contributed by atoms with Crippen LogP contribution in [0.25, 0.3) is 0 Å². The molecule has 2 aliphatic rings. The number of piperidine rings is 1. The summed E-state index contributed by atoms with van der Waals surface area (Å²) in [6.07, 6.45) is 8.14. The number of amides is 1.